The lowest BCUT2D eigenvalue weighted by Crippen LogP contribution is -2.23. The van der Waals surface area contributed by atoms with Gasteiger partial charge in [-0.2, -0.15) is 0 Å². The van der Waals surface area contributed by atoms with Crippen LogP contribution in [0.25, 0.3) is 0 Å². The quantitative estimate of drug-likeness (QED) is 0.613. The molecule has 2 N–H and O–H groups in total. The monoisotopic (exact) mass is 408 g/mol. The largest absolute Gasteiger partial charge is 0.496 e. The number of ether oxygens (including phenoxy) is 1. The first-order valence-corrected chi connectivity index (χ1v) is 9.43. The molecule has 0 aliphatic carbocycles. The third-order valence-corrected chi connectivity index (χ3v) is 4.59. The van der Waals surface area contributed by atoms with Crippen LogP contribution >= 0.6 is 11.6 Å². The number of amides is 2. The first-order valence-electron chi connectivity index (χ1n) is 9.05. The van der Waals surface area contributed by atoms with Gasteiger partial charge in [0.05, 0.1) is 12.7 Å². The van der Waals surface area contributed by atoms with Crippen molar-refractivity contribution in [2.45, 2.75) is 13.5 Å². The molecule has 6 heteroatoms. The number of anilines is 1. The van der Waals surface area contributed by atoms with Gasteiger partial charge in [0, 0.05) is 22.8 Å². The van der Waals surface area contributed by atoms with Gasteiger partial charge in [0.1, 0.15) is 5.75 Å². The standard InChI is InChI=1S/C23H21ClN2O3/c1-15-6-8-17(9-7-15)22(27)26-19-5-3-4-16(12-19)14-25-23(28)20-13-18(24)10-11-21(20)29-2/h3-13H,14H2,1-2H3,(H,25,28)(H,26,27). The molecule has 0 bridgehead atoms. The van der Waals surface area contributed by atoms with Crippen LogP contribution in [0.5, 0.6) is 5.75 Å². The van der Waals surface area contributed by atoms with Gasteiger partial charge in [0.2, 0.25) is 0 Å². The van der Waals surface area contributed by atoms with Gasteiger partial charge in [-0.1, -0.05) is 41.4 Å². The highest BCUT2D eigenvalue weighted by Gasteiger charge is 2.13. The van der Waals surface area contributed by atoms with Crippen molar-refractivity contribution in [3.05, 3.63) is 94.0 Å². The summed E-state index contributed by atoms with van der Waals surface area (Å²) >= 11 is 5.99. The molecule has 148 valence electrons. The molecular weight excluding hydrogens is 388 g/mol. The number of rotatable bonds is 6. The first kappa shape index (κ1) is 20.4. The number of carbonyl (C=O) groups excluding carboxylic acids is 2. The summed E-state index contributed by atoms with van der Waals surface area (Å²) in [6.07, 6.45) is 0. The maximum absolute atomic E-state index is 12.5. The molecule has 5 nitrogen and oxygen atoms in total. The van der Waals surface area contributed by atoms with E-state index in [1.165, 1.54) is 7.11 Å². The zero-order valence-corrected chi connectivity index (χ0v) is 16.9. The predicted octanol–water partition coefficient (Wildman–Crippen LogP) is 4.84. The fraction of sp³-hybridized carbons (Fsp3) is 0.130. The second-order valence-corrected chi connectivity index (χ2v) is 6.98. The maximum atomic E-state index is 12.5. The van der Waals surface area contributed by atoms with Crippen LogP contribution in [0.3, 0.4) is 0 Å². The molecule has 2 amide bonds. The Hall–Kier alpha value is -3.31. The fourth-order valence-corrected chi connectivity index (χ4v) is 2.97. The average molecular weight is 409 g/mol. The summed E-state index contributed by atoms with van der Waals surface area (Å²) in [5, 5.41) is 6.17. The predicted molar refractivity (Wildman–Crippen MR) is 115 cm³/mol. The van der Waals surface area contributed by atoms with Crippen LogP contribution < -0.4 is 15.4 Å². The Kier molecular flexibility index (Phi) is 6.52. The highest BCUT2D eigenvalue weighted by Crippen LogP contribution is 2.22. The van der Waals surface area contributed by atoms with Gasteiger partial charge in [0.25, 0.3) is 11.8 Å². The van der Waals surface area contributed by atoms with Crippen molar-refractivity contribution in [2.75, 3.05) is 12.4 Å². The fourth-order valence-electron chi connectivity index (χ4n) is 2.80. The molecule has 0 heterocycles. The Morgan fingerprint density at radius 3 is 2.45 bits per heavy atom. The van der Waals surface area contributed by atoms with Crippen molar-refractivity contribution >= 4 is 29.1 Å². The molecule has 0 saturated carbocycles. The van der Waals surface area contributed by atoms with Crippen LogP contribution in [0, 0.1) is 6.92 Å². The molecule has 0 aliphatic rings. The van der Waals surface area contributed by atoms with E-state index in [1.807, 2.05) is 37.3 Å². The maximum Gasteiger partial charge on any atom is 0.255 e. The van der Waals surface area contributed by atoms with E-state index in [0.717, 1.165) is 11.1 Å². The van der Waals surface area contributed by atoms with Crippen molar-refractivity contribution in [1.29, 1.82) is 0 Å². The summed E-state index contributed by atoms with van der Waals surface area (Å²) < 4.78 is 5.22. The van der Waals surface area contributed by atoms with E-state index in [1.54, 1.807) is 36.4 Å². The van der Waals surface area contributed by atoms with Gasteiger partial charge in [0.15, 0.2) is 0 Å². The summed E-state index contributed by atoms with van der Waals surface area (Å²) in [5.74, 6) is -0.0284. The molecule has 0 aliphatic heterocycles. The Morgan fingerprint density at radius 1 is 0.966 bits per heavy atom. The van der Waals surface area contributed by atoms with Gasteiger partial charge < -0.3 is 15.4 Å². The first-order chi connectivity index (χ1) is 14.0. The van der Waals surface area contributed by atoms with Crippen LogP contribution in [-0.4, -0.2) is 18.9 Å². The second-order valence-electron chi connectivity index (χ2n) is 6.55. The molecule has 3 rings (SSSR count). The van der Waals surface area contributed by atoms with Crippen LogP contribution in [0.15, 0.2) is 66.7 Å². The molecule has 29 heavy (non-hydrogen) atoms. The van der Waals surface area contributed by atoms with E-state index in [2.05, 4.69) is 10.6 Å². The normalized spacial score (nSPS) is 10.3. The lowest BCUT2D eigenvalue weighted by molar-refractivity contribution is 0.0947. The van der Waals surface area contributed by atoms with Gasteiger partial charge in [-0.15, -0.1) is 0 Å². The molecule has 0 fully saturated rings. The lowest BCUT2D eigenvalue weighted by atomic mass is 10.1. The van der Waals surface area contributed by atoms with E-state index >= 15 is 0 Å². The van der Waals surface area contributed by atoms with E-state index in [0.29, 0.717) is 34.1 Å². The Morgan fingerprint density at radius 2 is 1.72 bits per heavy atom. The summed E-state index contributed by atoms with van der Waals surface area (Å²) in [6.45, 7) is 2.27. The number of carbonyl (C=O) groups is 2. The summed E-state index contributed by atoms with van der Waals surface area (Å²) in [4.78, 5) is 24.9. The van der Waals surface area contributed by atoms with E-state index < -0.39 is 0 Å². The average Bonchev–Trinajstić information content (AvgIpc) is 2.72. The van der Waals surface area contributed by atoms with Crippen LogP contribution in [0.4, 0.5) is 5.69 Å². The minimum atomic E-state index is -0.293. The van der Waals surface area contributed by atoms with Gasteiger partial charge in [-0.05, 0) is 55.0 Å². The third kappa shape index (κ3) is 5.36. The van der Waals surface area contributed by atoms with Gasteiger partial charge >= 0.3 is 0 Å². The van der Waals surface area contributed by atoms with Crippen LogP contribution in [-0.2, 0) is 6.54 Å². The van der Waals surface area contributed by atoms with Crippen molar-refractivity contribution in [1.82, 2.24) is 5.32 Å². The van der Waals surface area contributed by atoms with Crippen LogP contribution in [0.1, 0.15) is 31.8 Å². The SMILES string of the molecule is COc1ccc(Cl)cc1C(=O)NCc1cccc(NC(=O)c2ccc(C)cc2)c1. The number of nitrogens with one attached hydrogen (secondary N) is 2. The number of hydrogen-bond acceptors (Lipinski definition) is 3. The molecule has 3 aromatic rings. The third-order valence-electron chi connectivity index (χ3n) is 4.36. The molecule has 0 spiro atoms. The van der Waals surface area contributed by atoms with Crippen molar-refractivity contribution in [3.8, 4) is 5.75 Å². The highest BCUT2D eigenvalue weighted by atomic mass is 35.5. The number of hydrogen-bond donors (Lipinski definition) is 2. The van der Waals surface area contributed by atoms with Crippen LogP contribution in [0.2, 0.25) is 5.02 Å². The molecular formula is C23H21ClN2O3. The minimum Gasteiger partial charge on any atom is -0.496 e. The lowest BCUT2D eigenvalue weighted by Gasteiger charge is -2.11. The van der Waals surface area contributed by atoms with E-state index in [-0.39, 0.29) is 11.8 Å². The summed E-state index contributed by atoms with van der Waals surface area (Å²) in [6, 6.07) is 19.6. The van der Waals surface area contributed by atoms with Crippen molar-refractivity contribution in [2.24, 2.45) is 0 Å². The second kappa shape index (κ2) is 9.26. The molecule has 0 saturated heterocycles. The van der Waals surface area contributed by atoms with E-state index in [4.69, 9.17) is 16.3 Å². The number of halogens is 1. The zero-order valence-electron chi connectivity index (χ0n) is 16.2. The minimum absolute atomic E-state index is 0.185. The Bertz CT molecular complexity index is 1030. The molecule has 0 unspecified atom stereocenters. The smallest absolute Gasteiger partial charge is 0.255 e. The summed E-state index contributed by atoms with van der Waals surface area (Å²) in [7, 11) is 1.50. The Labute approximate surface area is 174 Å². The van der Waals surface area contributed by atoms with Crippen molar-refractivity contribution in [3.63, 3.8) is 0 Å². The van der Waals surface area contributed by atoms with E-state index in [9.17, 15) is 9.59 Å². The number of methoxy groups -OCH3 is 1. The summed E-state index contributed by atoms with van der Waals surface area (Å²) in [5.41, 5.74) is 3.55. The zero-order chi connectivity index (χ0) is 20.8. The number of benzene rings is 3. The molecule has 0 radical (unpaired) electrons. The molecule has 0 aromatic heterocycles. The molecule has 0 atom stereocenters. The molecule has 3 aromatic carbocycles. The Balaban J connectivity index is 1.65. The van der Waals surface area contributed by atoms with Crippen molar-refractivity contribution < 1.29 is 14.3 Å². The van der Waals surface area contributed by atoms with Gasteiger partial charge in [-0.25, -0.2) is 0 Å². The highest BCUT2D eigenvalue weighted by molar-refractivity contribution is 6.31. The number of aryl methyl sites for hydroxylation is 1. The topological polar surface area (TPSA) is 67.4 Å². The van der Waals surface area contributed by atoms with Gasteiger partial charge in [-0.3, -0.25) is 9.59 Å².